The maximum Gasteiger partial charge on any atom is 0.222 e. The lowest BCUT2D eigenvalue weighted by atomic mass is 10.0. The van der Waals surface area contributed by atoms with Crippen LogP contribution in [0.25, 0.3) is 0 Å². The highest BCUT2D eigenvalue weighted by Crippen LogP contribution is 2.15. The molecule has 0 aromatic heterocycles. The molecule has 0 unspecified atom stereocenters. The van der Waals surface area contributed by atoms with E-state index in [2.05, 4.69) is 25.8 Å². The molecule has 3 N–H and O–H groups in total. The van der Waals surface area contributed by atoms with Crippen molar-refractivity contribution in [1.29, 1.82) is 0 Å². The lowest BCUT2D eigenvalue weighted by Crippen LogP contribution is -2.49. The molecular formula is C20H32F2IN5O. The summed E-state index contributed by atoms with van der Waals surface area (Å²) in [6.07, 6.45) is 1.88. The van der Waals surface area contributed by atoms with Crippen LogP contribution in [0.4, 0.5) is 8.78 Å². The number of amides is 1. The molecule has 0 spiro atoms. The minimum atomic E-state index is -0.811. The predicted molar refractivity (Wildman–Crippen MR) is 122 cm³/mol. The van der Waals surface area contributed by atoms with Gasteiger partial charge in [0, 0.05) is 51.7 Å². The van der Waals surface area contributed by atoms with Crippen molar-refractivity contribution in [2.45, 2.75) is 39.3 Å². The van der Waals surface area contributed by atoms with Crippen LogP contribution in [-0.4, -0.2) is 56.0 Å². The fourth-order valence-electron chi connectivity index (χ4n) is 3.09. The van der Waals surface area contributed by atoms with E-state index in [1.165, 1.54) is 12.1 Å². The summed E-state index contributed by atoms with van der Waals surface area (Å²) in [5.41, 5.74) is 0.784. The SMILES string of the molecule is CN=C(NCCNC(=O)C(C)C)NC1CCN(Cc2ccc(F)c(F)c2)CC1.I. The van der Waals surface area contributed by atoms with E-state index in [1.807, 2.05) is 13.8 Å². The third-order valence-corrected chi connectivity index (χ3v) is 4.78. The quantitative estimate of drug-likeness (QED) is 0.223. The van der Waals surface area contributed by atoms with Crippen LogP contribution in [-0.2, 0) is 11.3 Å². The maximum absolute atomic E-state index is 13.3. The molecule has 1 saturated heterocycles. The van der Waals surface area contributed by atoms with E-state index in [-0.39, 0.29) is 35.8 Å². The number of guanidine groups is 1. The maximum atomic E-state index is 13.3. The average Bonchev–Trinajstić information content (AvgIpc) is 2.68. The summed E-state index contributed by atoms with van der Waals surface area (Å²) in [5, 5.41) is 9.47. The molecule has 0 saturated carbocycles. The first kappa shape index (κ1) is 25.5. The number of benzene rings is 1. The first-order valence-corrected chi connectivity index (χ1v) is 9.80. The zero-order chi connectivity index (χ0) is 20.5. The van der Waals surface area contributed by atoms with E-state index in [0.717, 1.165) is 37.5 Å². The molecule has 29 heavy (non-hydrogen) atoms. The van der Waals surface area contributed by atoms with Crippen LogP contribution < -0.4 is 16.0 Å². The van der Waals surface area contributed by atoms with Crippen molar-refractivity contribution in [3.8, 4) is 0 Å². The zero-order valence-electron chi connectivity index (χ0n) is 17.3. The molecule has 6 nitrogen and oxygen atoms in total. The summed E-state index contributed by atoms with van der Waals surface area (Å²) in [5.74, 6) is -0.868. The lowest BCUT2D eigenvalue weighted by molar-refractivity contribution is -0.123. The monoisotopic (exact) mass is 523 g/mol. The Morgan fingerprint density at radius 2 is 1.83 bits per heavy atom. The van der Waals surface area contributed by atoms with Gasteiger partial charge in [-0.2, -0.15) is 0 Å². The van der Waals surface area contributed by atoms with Crippen molar-refractivity contribution in [1.82, 2.24) is 20.9 Å². The topological polar surface area (TPSA) is 68.8 Å². The highest BCUT2D eigenvalue weighted by Gasteiger charge is 2.20. The van der Waals surface area contributed by atoms with Crippen molar-refractivity contribution in [3.63, 3.8) is 0 Å². The third-order valence-electron chi connectivity index (χ3n) is 4.78. The molecule has 0 atom stereocenters. The first-order valence-electron chi connectivity index (χ1n) is 9.80. The van der Waals surface area contributed by atoms with Gasteiger partial charge in [-0.05, 0) is 30.5 Å². The Morgan fingerprint density at radius 3 is 2.41 bits per heavy atom. The Morgan fingerprint density at radius 1 is 1.17 bits per heavy atom. The van der Waals surface area contributed by atoms with Gasteiger partial charge in [-0.15, -0.1) is 24.0 Å². The molecule has 0 radical (unpaired) electrons. The number of rotatable bonds is 7. The number of halogens is 3. The number of nitrogens with zero attached hydrogens (tertiary/aromatic N) is 2. The zero-order valence-corrected chi connectivity index (χ0v) is 19.6. The number of carbonyl (C=O) groups excluding carboxylic acids is 1. The number of hydrogen-bond acceptors (Lipinski definition) is 3. The molecule has 164 valence electrons. The van der Waals surface area contributed by atoms with Crippen LogP contribution in [0.1, 0.15) is 32.3 Å². The summed E-state index contributed by atoms with van der Waals surface area (Å²) in [4.78, 5) is 18.0. The Hall–Kier alpha value is -1.49. The van der Waals surface area contributed by atoms with E-state index >= 15 is 0 Å². The van der Waals surface area contributed by atoms with Gasteiger partial charge in [-0.25, -0.2) is 8.78 Å². The third kappa shape index (κ3) is 8.81. The predicted octanol–water partition coefficient (Wildman–Crippen LogP) is 2.48. The molecule has 1 heterocycles. The van der Waals surface area contributed by atoms with Crippen molar-refractivity contribution in [3.05, 3.63) is 35.4 Å². The normalized spacial score (nSPS) is 15.7. The number of likely N-dealkylation sites (tertiary alicyclic amines) is 1. The standard InChI is InChI=1S/C20H31F2N5O.HI/c1-14(2)19(28)24-8-9-25-20(23-3)26-16-6-10-27(11-7-16)13-15-4-5-17(21)18(22)12-15;/h4-5,12,14,16H,6-11,13H2,1-3H3,(H,24,28)(H2,23,25,26);1H. The first-order chi connectivity index (χ1) is 13.4. The van der Waals surface area contributed by atoms with Crippen LogP contribution in [0.5, 0.6) is 0 Å². The average molecular weight is 523 g/mol. The molecule has 0 bridgehead atoms. The Balaban J connectivity index is 0.00000420. The smallest absolute Gasteiger partial charge is 0.222 e. The van der Waals surface area contributed by atoms with Crippen LogP contribution in [0.3, 0.4) is 0 Å². The van der Waals surface area contributed by atoms with Gasteiger partial charge in [0.1, 0.15) is 0 Å². The van der Waals surface area contributed by atoms with Gasteiger partial charge in [0.05, 0.1) is 0 Å². The highest BCUT2D eigenvalue weighted by molar-refractivity contribution is 14.0. The van der Waals surface area contributed by atoms with Crippen molar-refractivity contribution in [2.75, 3.05) is 33.2 Å². The lowest BCUT2D eigenvalue weighted by Gasteiger charge is -2.33. The molecule has 1 aliphatic rings. The molecule has 1 aromatic carbocycles. The summed E-state index contributed by atoms with van der Waals surface area (Å²) < 4.78 is 26.4. The number of hydrogen-bond donors (Lipinski definition) is 3. The van der Waals surface area contributed by atoms with E-state index in [1.54, 1.807) is 13.1 Å². The largest absolute Gasteiger partial charge is 0.355 e. The Kier molecular flexibility index (Phi) is 11.4. The number of carbonyl (C=O) groups is 1. The highest BCUT2D eigenvalue weighted by atomic mass is 127. The van der Waals surface area contributed by atoms with E-state index < -0.39 is 11.6 Å². The second-order valence-electron chi connectivity index (χ2n) is 7.39. The second-order valence-corrected chi connectivity index (χ2v) is 7.39. The van der Waals surface area contributed by atoms with Gasteiger partial charge >= 0.3 is 0 Å². The molecule has 2 rings (SSSR count). The van der Waals surface area contributed by atoms with Crippen LogP contribution in [0.2, 0.25) is 0 Å². The van der Waals surface area contributed by atoms with Gasteiger partial charge in [0.25, 0.3) is 0 Å². The van der Waals surface area contributed by atoms with Crippen molar-refractivity contribution in [2.24, 2.45) is 10.9 Å². The van der Waals surface area contributed by atoms with Crippen molar-refractivity contribution < 1.29 is 13.6 Å². The minimum absolute atomic E-state index is 0. The van der Waals surface area contributed by atoms with Gasteiger partial charge < -0.3 is 16.0 Å². The molecule has 1 aromatic rings. The molecular weight excluding hydrogens is 491 g/mol. The molecule has 0 aliphatic carbocycles. The summed E-state index contributed by atoms with van der Waals surface area (Å²) in [7, 11) is 1.72. The summed E-state index contributed by atoms with van der Waals surface area (Å²) >= 11 is 0. The second kappa shape index (κ2) is 12.9. The Labute approximate surface area is 188 Å². The molecule has 1 aliphatic heterocycles. The summed E-state index contributed by atoms with van der Waals surface area (Å²) in [6, 6.07) is 4.38. The van der Waals surface area contributed by atoms with E-state index in [0.29, 0.717) is 25.7 Å². The van der Waals surface area contributed by atoms with Crippen LogP contribution >= 0.6 is 24.0 Å². The molecule has 1 fully saturated rings. The van der Waals surface area contributed by atoms with E-state index in [4.69, 9.17) is 0 Å². The molecule has 1 amide bonds. The van der Waals surface area contributed by atoms with Gasteiger partial charge in [0.15, 0.2) is 17.6 Å². The van der Waals surface area contributed by atoms with Gasteiger partial charge in [-0.1, -0.05) is 19.9 Å². The van der Waals surface area contributed by atoms with Crippen molar-refractivity contribution >= 4 is 35.8 Å². The van der Waals surface area contributed by atoms with Gasteiger partial charge in [0.2, 0.25) is 5.91 Å². The summed E-state index contributed by atoms with van der Waals surface area (Å²) in [6.45, 7) is 7.24. The van der Waals surface area contributed by atoms with Crippen LogP contribution in [0, 0.1) is 17.6 Å². The number of piperidine rings is 1. The fourth-order valence-corrected chi connectivity index (χ4v) is 3.09. The Bertz CT molecular complexity index is 679. The number of aliphatic imine (C=N–C) groups is 1. The van der Waals surface area contributed by atoms with Crippen LogP contribution in [0.15, 0.2) is 23.2 Å². The van der Waals surface area contributed by atoms with E-state index in [9.17, 15) is 13.6 Å². The van der Waals surface area contributed by atoms with Gasteiger partial charge in [-0.3, -0.25) is 14.7 Å². The number of nitrogens with one attached hydrogen (secondary N) is 3. The minimum Gasteiger partial charge on any atom is -0.355 e. The molecule has 9 heteroatoms. The fraction of sp³-hybridized carbons (Fsp3) is 0.600.